The Morgan fingerprint density at radius 2 is 1.86 bits per heavy atom. The van der Waals surface area contributed by atoms with Gasteiger partial charge in [0.15, 0.2) is 0 Å². The van der Waals surface area contributed by atoms with E-state index in [1.807, 2.05) is 0 Å². The van der Waals surface area contributed by atoms with Crippen LogP contribution in [-0.2, 0) is 13.0 Å². The largest absolute Gasteiger partial charge is 0.487 e. The molecule has 1 aromatic rings. The van der Waals surface area contributed by atoms with Crippen LogP contribution in [0.4, 0.5) is 0 Å². The topological polar surface area (TPSA) is 21.3 Å². The highest BCUT2D eigenvalue weighted by atomic mass is 16.5. The molecule has 0 radical (unpaired) electrons. The summed E-state index contributed by atoms with van der Waals surface area (Å²) in [7, 11) is 0. The Bertz CT molecular complexity index is 500. The van der Waals surface area contributed by atoms with Crippen molar-refractivity contribution in [3.8, 4) is 5.75 Å². The lowest BCUT2D eigenvalue weighted by Gasteiger charge is -2.33. The molecule has 1 fully saturated rings. The summed E-state index contributed by atoms with van der Waals surface area (Å²) in [4.78, 5) is 0. The van der Waals surface area contributed by atoms with Gasteiger partial charge in [0.05, 0.1) is 0 Å². The van der Waals surface area contributed by atoms with Crippen molar-refractivity contribution in [2.75, 3.05) is 6.54 Å². The molecule has 0 bridgehead atoms. The number of nitrogens with one attached hydrogen (secondary N) is 1. The summed E-state index contributed by atoms with van der Waals surface area (Å²) in [5.74, 6) is 1.07. The minimum Gasteiger partial charge on any atom is -0.487 e. The van der Waals surface area contributed by atoms with E-state index in [4.69, 9.17) is 4.74 Å². The molecule has 1 aromatic carbocycles. The summed E-state index contributed by atoms with van der Waals surface area (Å²) < 4.78 is 5.94. The molecule has 116 valence electrons. The van der Waals surface area contributed by atoms with Gasteiger partial charge in [-0.15, -0.1) is 0 Å². The number of hydrogen-bond donors (Lipinski definition) is 1. The summed E-state index contributed by atoms with van der Waals surface area (Å²) in [5, 5.41) is 3.68. The molecule has 2 aliphatic rings. The third-order valence-electron chi connectivity index (χ3n) is 5.07. The Balaban J connectivity index is 1.55. The van der Waals surface area contributed by atoms with Gasteiger partial charge in [-0.25, -0.2) is 0 Å². The van der Waals surface area contributed by atoms with Crippen molar-refractivity contribution in [2.24, 2.45) is 5.41 Å². The van der Waals surface area contributed by atoms with Gasteiger partial charge in [-0.3, -0.25) is 0 Å². The molecular weight excluding hydrogens is 258 g/mol. The number of ether oxygens (including phenoxy) is 1. The fraction of sp³-hybridized carbons (Fsp3) is 0.684. The van der Waals surface area contributed by atoms with Crippen molar-refractivity contribution in [1.29, 1.82) is 0 Å². The number of rotatable bonds is 4. The molecule has 21 heavy (non-hydrogen) atoms. The minimum atomic E-state index is -0.0377. The lowest BCUT2D eigenvalue weighted by molar-refractivity contribution is 0.138. The molecule has 0 aromatic heterocycles. The zero-order chi connectivity index (χ0) is 14.9. The number of fused-ring (bicyclic) bond motifs is 1. The van der Waals surface area contributed by atoms with Gasteiger partial charge < -0.3 is 10.1 Å². The van der Waals surface area contributed by atoms with Crippen molar-refractivity contribution in [3.05, 3.63) is 29.3 Å². The first kappa shape index (κ1) is 14.9. The third-order valence-corrected chi connectivity index (χ3v) is 5.07. The SMILES string of the molecule is CC1(CNCc2ccc3c(c2)CC(C)(C)O3)CCCCC1. The summed E-state index contributed by atoms with van der Waals surface area (Å²) >= 11 is 0. The fourth-order valence-electron chi connectivity index (χ4n) is 3.86. The Labute approximate surface area is 129 Å². The first-order chi connectivity index (χ1) is 9.96. The molecule has 3 rings (SSSR count). The smallest absolute Gasteiger partial charge is 0.123 e. The summed E-state index contributed by atoms with van der Waals surface area (Å²) in [6.07, 6.45) is 8.02. The molecule has 0 amide bonds. The first-order valence-electron chi connectivity index (χ1n) is 8.47. The van der Waals surface area contributed by atoms with Crippen LogP contribution in [0.5, 0.6) is 5.75 Å². The van der Waals surface area contributed by atoms with Crippen molar-refractivity contribution in [3.63, 3.8) is 0 Å². The monoisotopic (exact) mass is 287 g/mol. The van der Waals surface area contributed by atoms with Crippen LogP contribution in [0, 0.1) is 5.41 Å². The molecule has 0 spiro atoms. The lowest BCUT2D eigenvalue weighted by atomic mass is 9.76. The van der Waals surface area contributed by atoms with Gasteiger partial charge in [0.25, 0.3) is 0 Å². The van der Waals surface area contributed by atoms with Gasteiger partial charge in [-0.1, -0.05) is 38.3 Å². The van der Waals surface area contributed by atoms with Crippen molar-refractivity contribution < 1.29 is 4.74 Å². The minimum absolute atomic E-state index is 0.0377. The van der Waals surface area contributed by atoms with Gasteiger partial charge in [0.1, 0.15) is 11.4 Å². The Morgan fingerprint density at radius 3 is 2.62 bits per heavy atom. The average molecular weight is 287 g/mol. The molecule has 2 heteroatoms. The van der Waals surface area contributed by atoms with Crippen molar-refractivity contribution >= 4 is 0 Å². The maximum absolute atomic E-state index is 5.94. The molecule has 1 aliphatic heterocycles. The maximum atomic E-state index is 5.94. The Hall–Kier alpha value is -1.02. The highest BCUT2D eigenvalue weighted by Gasteiger charge is 2.30. The van der Waals surface area contributed by atoms with Crippen molar-refractivity contribution in [1.82, 2.24) is 5.32 Å². The molecule has 1 heterocycles. The average Bonchev–Trinajstić information content (AvgIpc) is 2.72. The van der Waals surface area contributed by atoms with Gasteiger partial charge in [0, 0.05) is 19.5 Å². The van der Waals surface area contributed by atoms with E-state index < -0.39 is 0 Å². The van der Waals surface area contributed by atoms with Crippen LogP contribution in [0.25, 0.3) is 0 Å². The van der Waals surface area contributed by atoms with Crippen LogP contribution in [0.2, 0.25) is 0 Å². The highest BCUT2D eigenvalue weighted by Crippen LogP contribution is 2.36. The zero-order valence-electron chi connectivity index (χ0n) is 13.8. The normalized spacial score (nSPS) is 22.6. The third kappa shape index (κ3) is 3.60. The molecule has 0 atom stereocenters. The Morgan fingerprint density at radius 1 is 1.10 bits per heavy atom. The van der Waals surface area contributed by atoms with E-state index in [2.05, 4.69) is 44.3 Å². The number of benzene rings is 1. The molecule has 0 saturated heterocycles. The zero-order valence-corrected chi connectivity index (χ0v) is 13.8. The second-order valence-electron chi connectivity index (χ2n) is 7.96. The predicted octanol–water partition coefficient (Wildman–Crippen LogP) is 4.46. The van der Waals surface area contributed by atoms with E-state index in [1.165, 1.54) is 43.2 Å². The van der Waals surface area contributed by atoms with Gasteiger partial charge in [-0.2, -0.15) is 0 Å². The van der Waals surface area contributed by atoms with Crippen LogP contribution in [-0.4, -0.2) is 12.1 Å². The Kier molecular flexibility index (Phi) is 4.00. The predicted molar refractivity (Wildman–Crippen MR) is 87.8 cm³/mol. The van der Waals surface area contributed by atoms with Crippen LogP contribution < -0.4 is 10.1 Å². The lowest BCUT2D eigenvalue weighted by Crippen LogP contribution is -2.33. The standard InChI is InChI=1S/C19H29NO/c1-18(2)12-16-11-15(7-8-17(16)21-18)13-20-14-19(3)9-5-4-6-10-19/h7-8,11,20H,4-6,9-10,12-14H2,1-3H3. The molecule has 1 saturated carbocycles. The van der Waals surface area contributed by atoms with E-state index in [-0.39, 0.29) is 5.60 Å². The maximum Gasteiger partial charge on any atom is 0.123 e. The van der Waals surface area contributed by atoms with Crippen LogP contribution in [0.15, 0.2) is 18.2 Å². The second kappa shape index (κ2) is 5.64. The number of hydrogen-bond acceptors (Lipinski definition) is 2. The second-order valence-corrected chi connectivity index (χ2v) is 7.96. The molecule has 1 aliphatic carbocycles. The highest BCUT2D eigenvalue weighted by molar-refractivity contribution is 5.41. The van der Waals surface area contributed by atoms with E-state index in [0.717, 1.165) is 25.3 Å². The van der Waals surface area contributed by atoms with Gasteiger partial charge in [0.2, 0.25) is 0 Å². The van der Waals surface area contributed by atoms with E-state index in [9.17, 15) is 0 Å². The van der Waals surface area contributed by atoms with Crippen molar-refractivity contribution in [2.45, 2.75) is 71.4 Å². The molecule has 2 nitrogen and oxygen atoms in total. The van der Waals surface area contributed by atoms with Crippen LogP contribution in [0.3, 0.4) is 0 Å². The summed E-state index contributed by atoms with van der Waals surface area (Å²) in [6.45, 7) is 8.89. The first-order valence-corrected chi connectivity index (χ1v) is 8.47. The summed E-state index contributed by atoms with van der Waals surface area (Å²) in [5.41, 5.74) is 3.22. The molecule has 0 unspecified atom stereocenters. The molecule has 1 N–H and O–H groups in total. The van der Waals surface area contributed by atoms with Gasteiger partial charge >= 0.3 is 0 Å². The van der Waals surface area contributed by atoms with E-state index in [1.54, 1.807) is 0 Å². The van der Waals surface area contributed by atoms with E-state index in [0.29, 0.717) is 5.41 Å². The van der Waals surface area contributed by atoms with Crippen LogP contribution >= 0.6 is 0 Å². The van der Waals surface area contributed by atoms with E-state index >= 15 is 0 Å². The fourth-order valence-corrected chi connectivity index (χ4v) is 3.86. The quantitative estimate of drug-likeness (QED) is 0.882. The summed E-state index contributed by atoms with van der Waals surface area (Å²) in [6, 6.07) is 6.67. The van der Waals surface area contributed by atoms with Gasteiger partial charge in [-0.05, 0) is 49.3 Å². The van der Waals surface area contributed by atoms with Crippen LogP contribution in [0.1, 0.15) is 64.0 Å². The molecular formula is C19H29NO.